The number of anilines is 1. The van der Waals surface area contributed by atoms with Crippen molar-refractivity contribution in [1.82, 2.24) is 0 Å². The second-order valence-corrected chi connectivity index (χ2v) is 4.13. The molecule has 0 aliphatic carbocycles. The van der Waals surface area contributed by atoms with Crippen LogP contribution in [0.25, 0.3) is 5.70 Å². The van der Waals surface area contributed by atoms with Gasteiger partial charge < -0.3 is 15.4 Å². The van der Waals surface area contributed by atoms with Crippen molar-refractivity contribution in [2.24, 2.45) is 5.73 Å². The molecule has 18 heavy (non-hydrogen) atoms. The molecule has 0 saturated carbocycles. The Hall–Kier alpha value is -1.29. The van der Waals surface area contributed by atoms with Gasteiger partial charge in [-0.25, -0.2) is 0 Å². The fourth-order valence-corrected chi connectivity index (χ4v) is 2.02. The van der Waals surface area contributed by atoms with E-state index in [2.05, 4.69) is 37.4 Å². The lowest BCUT2D eigenvalue weighted by molar-refractivity contribution is 0.339. The number of rotatable bonds is 6. The van der Waals surface area contributed by atoms with E-state index >= 15 is 0 Å². The number of ether oxygens (including phenoxy) is 1. The van der Waals surface area contributed by atoms with Gasteiger partial charge in [-0.2, -0.15) is 0 Å². The van der Waals surface area contributed by atoms with E-state index in [1.807, 2.05) is 19.1 Å². The van der Waals surface area contributed by atoms with E-state index in [4.69, 9.17) is 10.5 Å². The summed E-state index contributed by atoms with van der Waals surface area (Å²) >= 11 is 4.09. The van der Waals surface area contributed by atoms with Gasteiger partial charge in [0.1, 0.15) is 5.75 Å². The Labute approximate surface area is 115 Å². The number of hydrogen-bond acceptors (Lipinski definition) is 4. The van der Waals surface area contributed by atoms with Gasteiger partial charge in [-0.3, -0.25) is 0 Å². The van der Waals surface area contributed by atoms with Gasteiger partial charge in [0.05, 0.1) is 6.61 Å². The largest absolute Gasteiger partial charge is 0.493 e. The molecule has 0 fully saturated rings. The van der Waals surface area contributed by atoms with Crippen LogP contribution in [0.5, 0.6) is 5.75 Å². The van der Waals surface area contributed by atoms with Crippen molar-refractivity contribution >= 4 is 24.0 Å². The maximum Gasteiger partial charge on any atom is 0.130 e. The van der Waals surface area contributed by atoms with Crippen molar-refractivity contribution in [2.75, 3.05) is 24.6 Å². The van der Waals surface area contributed by atoms with Crippen LogP contribution in [0, 0.1) is 0 Å². The van der Waals surface area contributed by atoms with Crippen molar-refractivity contribution in [3.8, 4) is 5.75 Å². The van der Waals surface area contributed by atoms with Crippen molar-refractivity contribution in [2.45, 2.75) is 20.8 Å². The van der Waals surface area contributed by atoms with Gasteiger partial charge in [0.2, 0.25) is 0 Å². The molecule has 0 amide bonds. The van der Waals surface area contributed by atoms with Crippen LogP contribution in [0.4, 0.5) is 5.69 Å². The minimum atomic E-state index is 0.618. The molecular formula is C14H22N2OS. The highest BCUT2D eigenvalue weighted by atomic mass is 32.1. The highest BCUT2D eigenvalue weighted by Crippen LogP contribution is 2.29. The first-order valence-electron chi connectivity index (χ1n) is 6.29. The topological polar surface area (TPSA) is 38.5 Å². The average molecular weight is 266 g/mol. The molecule has 4 heteroatoms. The second-order valence-electron chi connectivity index (χ2n) is 3.87. The number of nitrogens with zero attached hydrogens (tertiary/aromatic N) is 1. The molecule has 0 atom stereocenters. The molecule has 1 aromatic carbocycles. The maximum atomic E-state index is 5.91. The van der Waals surface area contributed by atoms with Crippen LogP contribution in [0.2, 0.25) is 0 Å². The molecule has 0 saturated heterocycles. The summed E-state index contributed by atoms with van der Waals surface area (Å²) in [5.41, 5.74) is 8.57. The molecule has 0 bridgehead atoms. The molecule has 2 N–H and O–H groups in total. The zero-order chi connectivity index (χ0) is 13.5. The van der Waals surface area contributed by atoms with Gasteiger partial charge in [0, 0.05) is 36.1 Å². The van der Waals surface area contributed by atoms with E-state index in [9.17, 15) is 0 Å². The highest BCUT2D eigenvalue weighted by Gasteiger charge is 2.10. The van der Waals surface area contributed by atoms with Crippen LogP contribution in [0.1, 0.15) is 26.3 Å². The Morgan fingerprint density at radius 3 is 2.50 bits per heavy atom. The minimum Gasteiger partial charge on any atom is -0.493 e. The summed E-state index contributed by atoms with van der Waals surface area (Å²) in [6, 6.07) is 6.09. The number of benzene rings is 1. The van der Waals surface area contributed by atoms with Gasteiger partial charge >= 0.3 is 0 Å². The molecule has 100 valence electrons. The number of thiol groups is 1. The number of hydrogen-bond donors (Lipinski definition) is 2. The van der Waals surface area contributed by atoms with Gasteiger partial charge in [0.25, 0.3) is 0 Å². The van der Waals surface area contributed by atoms with Crippen LogP contribution >= 0.6 is 12.6 Å². The third-order valence-electron chi connectivity index (χ3n) is 2.84. The summed E-state index contributed by atoms with van der Waals surface area (Å²) in [4.78, 5) is 2.27. The summed E-state index contributed by atoms with van der Waals surface area (Å²) in [6.45, 7) is 8.81. The van der Waals surface area contributed by atoms with Gasteiger partial charge in [0.15, 0.2) is 0 Å². The first-order chi connectivity index (χ1) is 8.67. The first-order valence-corrected chi connectivity index (χ1v) is 6.81. The van der Waals surface area contributed by atoms with Crippen molar-refractivity contribution < 1.29 is 4.74 Å². The Morgan fingerprint density at radius 1 is 1.33 bits per heavy atom. The van der Waals surface area contributed by atoms with Crippen LogP contribution < -0.4 is 15.4 Å². The maximum absolute atomic E-state index is 5.91. The van der Waals surface area contributed by atoms with Crippen LogP contribution in [-0.2, 0) is 0 Å². The molecule has 0 heterocycles. The predicted octanol–water partition coefficient (Wildman–Crippen LogP) is 3.12. The Morgan fingerprint density at radius 2 is 2.00 bits per heavy atom. The summed E-state index contributed by atoms with van der Waals surface area (Å²) in [5, 5.41) is 1.59. The van der Waals surface area contributed by atoms with E-state index < -0.39 is 0 Å². The fraction of sp³-hybridized carbons (Fsp3) is 0.429. The Bertz CT molecular complexity index is 414. The molecule has 3 nitrogen and oxygen atoms in total. The summed E-state index contributed by atoms with van der Waals surface area (Å²) in [6.07, 6.45) is 0. The van der Waals surface area contributed by atoms with Crippen molar-refractivity contribution in [3.05, 3.63) is 29.2 Å². The lowest BCUT2D eigenvalue weighted by atomic mass is 10.1. The molecular weight excluding hydrogens is 244 g/mol. The molecule has 0 aliphatic heterocycles. The van der Waals surface area contributed by atoms with E-state index in [-0.39, 0.29) is 0 Å². The summed E-state index contributed by atoms with van der Waals surface area (Å²) < 4.78 is 5.66. The lowest BCUT2D eigenvalue weighted by Crippen LogP contribution is -2.21. The van der Waals surface area contributed by atoms with E-state index in [1.54, 1.807) is 5.41 Å². The average Bonchev–Trinajstić information content (AvgIpc) is 2.40. The molecule has 1 rings (SSSR count). The van der Waals surface area contributed by atoms with E-state index in [0.717, 1.165) is 30.1 Å². The normalized spacial score (nSPS) is 11.4. The smallest absolute Gasteiger partial charge is 0.130 e. The van der Waals surface area contributed by atoms with Crippen LogP contribution in [0.15, 0.2) is 23.6 Å². The first kappa shape index (κ1) is 14.8. The molecule has 0 aliphatic rings. The third-order valence-corrected chi connectivity index (χ3v) is 3.12. The third kappa shape index (κ3) is 3.35. The van der Waals surface area contributed by atoms with Crippen LogP contribution in [0.3, 0.4) is 0 Å². The second kappa shape index (κ2) is 7.21. The quantitative estimate of drug-likeness (QED) is 0.777. The van der Waals surface area contributed by atoms with Gasteiger partial charge in [-0.15, -0.1) is 12.6 Å². The van der Waals surface area contributed by atoms with Crippen LogP contribution in [-0.4, -0.2) is 19.7 Å². The van der Waals surface area contributed by atoms with E-state index in [0.29, 0.717) is 12.3 Å². The van der Waals surface area contributed by atoms with Gasteiger partial charge in [-0.1, -0.05) is 0 Å². The molecule has 1 aromatic rings. The standard InChI is InChI=1S/C14H22N2OS/c1-4-16(5-2)11-7-8-12(13(15)10-18)14(9-11)17-6-3/h7-10,18H,4-6,15H2,1-3H3/b13-10-. The zero-order valence-electron chi connectivity index (χ0n) is 11.3. The predicted molar refractivity (Wildman–Crippen MR) is 82.3 cm³/mol. The summed E-state index contributed by atoms with van der Waals surface area (Å²) in [5.74, 6) is 0.810. The lowest BCUT2D eigenvalue weighted by Gasteiger charge is -2.22. The monoisotopic (exact) mass is 266 g/mol. The number of nitrogens with two attached hydrogens (primary N) is 1. The van der Waals surface area contributed by atoms with Crippen molar-refractivity contribution in [1.29, 1.82) is 0 Å². The molecule has 0 spiro atoms. The Balaban J connectivity index is 3.17. The minimum absolute atomic E-state index is 0.618. The molecule has 0 aromatic heterocycles. The SMILES string of the molecule is CCOc1cc(N(CC)CC)ccc1/C(N)=C/S. The fourth-order valence-electron chi connectivity index (χ4n) is 1.88. The van der Waals surface area contributed by atoms with E-state index in [1.165, 1.54) is 0 Å². The molecule has 0 radical (unpaired) electrons. The Kier molecular flexibility index (Phi) is 5.92. The van der Waals surface area contributed by atoms with Crippen molar-refractivity contribution in [3.63, 3.8) is 0 Å². The van der Waals surface area contributed by atoms with Gasteiger partial charge in [-0.05, 0) is 38.3 Å². The summed E-state index contributed by atoms with van der Waals surface area (Å²) in [7, 11) is 0. The highest BCUT2D eigenvalue weighted by molar-refractivity contribution is 7.83. The molecule has 0 unspecified atom stereocenters. The zero-order valence-corrected chi connectivity index (χ0v) is 12.2.